The monoisotopic (exact) mass is 383 g/mol. The van der Waals surface area contributed by atoms with Gasteiger partial charge in [-0.15, -0.1) is 0 Å². The van der Waals surface area contributed by atoms with Crippen molar-refractivity contribution in [1.82, 2.24) is 10.6 Å². The highest BCUT2D eigenvalue weighted by atomic mass is 32.1. The van der Waals surface area contributed by atoms with Crippen LogP contribution in [0.15, 0.2) is 60.7 Å². The maximum Gasteiger partial charge on any atom is 0.256 e. The third kappa shape index (κ3) is 4.64. The van der Waals surface area contributed by atoms with Crippen molar-refractivity contribution in [3.05, 3.63) is 71.8 Å². The highest BCUT2D eigenvalue weighted by Gasteiger charge is 2.42. The lowest BCUT2D eigenvalue weighted by Crippen LogP contribution is -2.61. The molecule has 2 unspecified atom stereocenters. The van der Waals surface area contributed by atoms with E-state index in [0.717, 1.165) is 0 Å². The second-order valence-corrected chi connectivity index (χ2v) is 6.63. The molecule has 0 aliphatic heterocycles. The molecule has 0 aliphatic carbocycles. The van der Waals surface area contributed by atoms with E-state index in [2.05, 4.69) is 10.6 Å². The predicted octanol–water partition coefficient (Wildman–Crippen LogP) is 2.05. The average Bonchev–Trinajstić information content (AvgIpc) is 2.68. The largest absolute Gasteiger partial charge is 0.335 e. The Labute approximate surface area is 163 Å². The summed E-state index contributed by atoms with van der Waals surface area (Å²) < 4.78 is 0. The van der Waals surface area contributed by atoms with E-state index in [-0.39, 0.29) is 10.8 Å². The Bertz CT molecular complexity index is 855. The highest BCUT2D eigenvalue weighted by Crippen LogP contribution is 2.23. The summed E-state index contributed by atoms with van der Waals surface area (Å²) in [5.74, 6) is -1.26. The van der Waals surface area contributed by atoms with Gasteiger partial charge in [0, 0.05) is 11.1 Å². The van der Waals surface area contributed by atoms with Crippen molar-refractivity contribution < 1.29 is 14.4 Å². The van der Waals surface area contributed by atoms with Crippen LogP contribution in [0.25, 0.3) is 0 Å². The minimum atomic E-state index is -1.45. The van der Waals surface area contributed by atoms with Crippen molar-refractivity contribution in [2.75, 3.05) is 0 Å². The Balaban J connectivity index is 2.17. The van der Waals surface area contributed by atoms with Gasteiger partial charge >= 0.3 is 0 Å². The van der Waals surface area contributed by atoms with Gasteiger partial charge in [0.2, 0.25) is 0 Å². The third-order valence-electron chi connectivity index (χ3n) is 4.41. The number of benzene rings is 2. The number of hydrogen-bond donors (Lipinski definition) is 3. The van der Waals surface area contributed by atoms with Crippen LogP contribution in [0.4, 0.5) is 0 Å². The molecule has 0 spiro atoms. The van der Waals surface area contributed by atoms with Crippen LogP contribution in [-0.2, 0) is 4.79 Å². The van der Waals surface area contributed by atoms with E-state index in [0.29, 0.717) is 11.1 Å². The van der Waals surface area contributed by atoms with Crippen LogP contribution in [0.2, 0.25) is 0 Å². The number of thiocarbonyl (C=S) groups is 1. The van der Waals surface area contributed by atoms with Gasteiger partial charge in [-0.1, -0.05) is 48.6 Å². The fourth-order valence-corrected chi connectivity index (χ4v) is 2.74. The first kappa shape index (κ1) is 20.4. The first-order chi connectivity index (χ1) is 12.8. The molecule has 0 aromatic heterocycles. The van der Waals surface area contributed by atoms with Crippen molar-refractivity contribution in [2.24, 2.45) is 11.1 Å². The molecule has 2 aromatic carbocycles. The van der Waals surface area contributed by atoms with E-state index in [1.165, 1.54) is 13.8 Å². The number of nitrogens with two attached hydrogens (primary N) is 1. The number of carbonyl (C=O) groups is 3. The Morgan fingerprint density at radius 3 is 1.81 bits per heavy atom. The van der Waals surface area contributed by atoms with Gasteiger partial charge in [-0.25, -0.2) is 0 Å². The van der Waals surface area contributed by atoms with Crippen molar-refractivity contribution in [3.8, 4) is 0 Å². The molecular weight excluding hydrogens is 362 g/mol. The van der Waals surface area contributed by atoms with Gasteiger partial charge in [0.1, 0.15) is 11.2 Å². The Hall–Kier alpha value is -2.90. The second-order valence-electron chi connectivity index (χ2n) is 6.22. The summed E-state index contributed by atoms with van der Waals surface area (Å²) in [6, 6.07) is 16.9. The molecule has 0 saturated carbocycles. The van der Waals surface area contributed by atoms with Gasteiger partial charge in [-0.05, 0) is 38.1 Å². The maximum atomic E-state index is 12.4. The van der Waals surface area contributed by atoms with Crippen molar-refractivity contribution >= 4 is 34.8 Å². The minimum Gasteiger partial charge on any atom is -0.335 e. The molecule has 0 bridgehead atoms. The van der Waals surface area contributed by atoms with Crippen LogP contribution in [-0.4, -0.2) is 28.8 Å². The first-order valence-corrected chi connectivity index (χ1v) is 8.71. The smallest absolute Gasteiger partial charge is 0.256 e. The summed E-state index contributed by atoms with van der Waals surface area (Å²) >= 11 is 5.30. The van der Waals surface area contributed by atoms with Crippen LogP contribution in [0.1, 0.15) is 34.6 Å². The van der Waals surface area contributed by atoms with E-state index in [4.69, 9.17) is 18.0 Å². The standard InChI is InChI=1S/C20H21N3O3S/c1-13(24)20(2,18(21)22-16(25)14-9-5-3-6-10-14)19(27)23-17(26)15-11-7-4-8-12-15/h3-12,18H,21H2,1-2H3,(H,22,25)(H,23,26,27). The highest BCUT2D eigenvalue weighted by molar-refractivity contribution is 7.80. The first-order valence-electron chi connectivity index (χ1n) is 8.30. The van der Waals surface area contributed by atoms with Gasteiger partial charge < -0.3 is 16.4 Å². The SMILES string of the molecule is CC(=O)C(C)(C(=S)NC(=O)c1ccccc1)C(N)NC(=O)c1ccccc1. The van der Waals surface area contributed by atoms with Crippen LogP contribution < -0.4 is 16.4 Å². The number of Topliss-reactive ketones (excluding diaryl/α,β-unsaturated/α-hetero) is 1. The summed E-state index contributed by atoms with van der Waals surface area (Å²) in [4.78, 5) is 37.0. The summed E-state index contributed by atoms with van der Waals surface area (Å²) in [7, 11) is 0. The number of rotatable bonds is 6. The normalized spacial score (nSPS) is 13.7. The number of nitrogens with one attached hydrogen (secondary N) is 2. The molecule has 0 radical (unpaired) electrons. The van der Waals surface area contributed by atoms with Gasteiger partial charge in [0.05, 0.1) is 11.2 Å². The quantitative estimate of drug-likeness (QED) is 0.524. The maximum absolute atomic E-state index is 12.4. The lowest BCUT2D eigenvalue weighted by molar-refractivity contribution is -0.123. The van der Waals surface area contributed by atoms with Crippen molar-refractivity contribution in [1.29, 1.82) is 0 Å². The molecule has 27 heavy (non-hydrogen) atoms. The second kappa shape index (κ2) is 8.66. The molecule has 140 valence electrons. The summed E-state index contributed by atoms with van der Waals surface area (Å²) in [6.45, 7) is 2.81. The van der Waals surface area contributed by atoms with E-state index >= 15 is 0 Å². The van der Waals surface area contributed by atoms with Crippen LogP contribution in [0, 0.1) is 5.41 Å². The van der Waals surface area contributed by atoms with Crippen molar-refractivity contribution in [2.45, 2.75) is 20.0 Å². The zero-order valence-corrected chi connectivity index (χ0v) is 15.9. The molecular formula is C20H21N3O3S. The fraction of sp³-hybridized carbons (Fsp3) is 0.200. The predicted molar refractivity (Wildman–Crippen MR) is 107 cm³/mol. The van der Waals surface area contributed by atoms with Gasteiger partial charge in [-0.3, -0.25) is 14.4 Å². The molecule has 0 aliphatic rings. The molecule has 0 saturated heterocycles. The molecule has 2 rings (SSSR count). The molecule has 2 aromatic rings. The van der Waals surface area contributed by atoms with E-state index in [1.54, 1.807) is 60.7 Å². The topological polar surface area (TPSA) is 101 Å². The van der Waals surface area contributed by atoms with E-state index in [1.807, 2.05) is 0 Å². The van der Waals surface area contributed by atoms with Crippen molar-refractivity contribution in [3.63, 3.8) is 0 Å². The molecule has 2 atom stereocenters. The Morgan fingerprint density at radius 2 is 1.37 bits per heavy atom. The fourth-order valence-electron chi connectivity index (χ4n) is 2.37. The Kier molecular flexibility index (Phi) is 6.55. The average molecular weight is 383 g/mol. The van der Waals surface area contributed by atoms with E-state index in [9.17, 15) is 14.4 Å². The number of hydrogen-bond acceptors (Lipinski definition) is 5. The third-order valence-corrected chi connectivity index (χ3v) is 4.94. The lowest BCUT2D eigenvalue weighted by atomic mass is 9.82. The van der Waals surface area contributed by atoms with Crippen LogP contribution >= 0.6 is 12.2 Å². The molecule has 0 fully saturated rings. The Morgan fingerprint density at radius 1 is 0.926 bits per heavy atom. The molecule has 0 heterocycles. The zero-order chi connectivity index (χ0) is 20.0. The van der Waals surface area contributed by atoms with Gasteiger partial charge in [0.15, 0.2) is 0 Å². The lowest BCUT2D eigenvalue weighted by Gasteiger charge is -2.34. The molecule has 2 amide bonds. The number of carbonyl (C=O) groups excluding carboxylic acids is 3. The summed E-state index contributed by atoms with van der Waals surface area (Å²) in [5, 5.41) is 5.14. The van der Waals surface area contributed by atoms with E-state index < -0.39 is 23.4 Å². The van der Waals surface area contributed by atoms with Crippen LogP contribution in [0.3, 0.4) is 0 Å². The van der Waals surface area contributed by atoms with Gasteiger partial charge in [0.25, 0.3) is 11.8 Å². The molecule has 6 nitrogen and oxygen atoms in total. The number of ketones is 1. The minimum absolute atomic E-state index is 0.0512. The summed E-state index contributed by atoms with van der Waals surface area (Å²) in [6.07, 6.45) is -1.12. The number of amides is 2. The van der Waals surface area contributed by atoms with Gasteiger partial charge in [-0.2, -0.15) is 0 Å². The zero-order valence-electron chi connectivity index (χ0n) is 15.1. The summed E-state index contributed by atoms with van der Waals surface area (Å²) in [5.41, 5.74) is 5.46. The molecule has 4 N–H and O–H groups in total. The molecule has 7 heteroatoms. The van der Waals surface area contributed by atoms with Crippen LogP contribution in [0.5, 0.6) is 0 Å².